The molecule has 0 spiro atoms. The summed E-state index contributed by atoms with van der Waals surface area (Å²) in [6, 6.07) is 3.89. The predicted octanol–water partition coefficient (Wildman–Crippen LogP) is 2.55. The molecule has 1 aromatic carbocycles. The minimum absolute atomic E-state index is 0.0495. The van der Waals surface area contributed by atoms with Crippen molar-refractivity contribution in [3.8, 4) is 5.75 Å². The van der Waals surface area contributed by atoms with Crippen molar-refractivity contribution in [2.45, 2.75) is 39.3 Å². The number of rotatable bonds is 12. The molecule has 8 nitrogen and oxygen atoms in total. The van der Waals surface area contributed by atoms with Crippen LogP contribution < -0.4 is 10.1 Å². The first-order valence-electron chi connectivity index (χ1n) is 9.45. The molecule has 1 heterocycles. The quantitative estimate of drug-likeness (QED) is 0.527. The van der Waals surface area contributed by atoms with E-state index in [4.69, 9.17) is 13.9 Å². The van der Waals surface area contributed by atoms with Crippen LogP contribution in [0.3, 0.4) is 0 Å². The number of nitrogens with zero attached hydrogens (tertiary/aromatic N) is 2. The number of aromatic nitrogens is 2. The van der Waals surface area contributed by atoms with Crippen molar-refractivity contribution in [1.82, 2.24) is 15.5 Å². The van der Waals surface area contributed by atoms with Crippen molar-refractivity contribution in [2.24, 2.45) is 5.92 Å². The standard InChI is InChI=1S/C21H26FN3O5/c1-5-13(2)18(8-15(26)9-20-24-25-21(30-20)12-28-4)23-19(27)11-29-16-7-6-14(3)17(22)10-16/h5-7,10,13,18H,1,8-9,11-12H2,2-4H3,(H,23,27)/t13-,18?/m1/s1. The van der Waals surface area contributed by atoms with Gasteiger partial charge in [0.1, 0.15) is 24.0 Å². The maximum Gasteiger partial charge on any atom is 0.258 e. The van der Waals surface area contributed by atoms with Crippen LogP contribution >= 0.6 is 0 Å². The number of ketones is 1. The molecule has 0 aliphatic rings. The van der Waals surface area contributed by atoms with Gasteiger partial charge in [0.05, 0.1) is 6.42 Å². The highest BCUT2D eigenvalue weighted by molar-refractivity contribution is 5.82. The third-order valence-electron chi connectivity index (χ3n) is 4.44. The molecule has 0 fully saturated rings. The van der Waals surface area contributed by atoms with E-state index in [2.05, 4.69) is 22.1 Å². The van der Waals surface area contributed by atoms with Crippen molar-refractivity contribution >= 4 is 11.7 Å². The number of methoxy groups -OCH3 is 1. The summed E-state index contributed by atoms with van der Waals surface area (Å²) in [4.78, 5) is 24.7. The van der Waals surface area contributed by atoms with Gasteiger partial charge in [-0.2, -0.15) is 0 Å². The second-order valence-corrected chi connectivity index (χ2v) is 6.91. The summed E-state index contributed by atoms with van der Waals surface area (Å²) in [5.74, 6) is -0.457. The van der Waals surface area contributed by atoms with Crippen molar-refractivity contribution in [3.63, 3.8) is 0 Å². The molecule has 0 saturated heterocycles. The van der Waals surface area contributed by atoms with E-state index in [1.807, 2.05) is 6.92 Å². The summed E-state index contributed by atoms with van der Waals surface area (Å²) in [6.07, 6.45) is 1.66. The van der Waals surface area contributed by atoms with Crippen LogP contribution in [0.25, 0.3) is 0 Å². The van der Waals surface area contributed by atoms with E-state index in [0.29, 0.717) is 5.56 Å². The summed E-state index contributed by atoms with van der Waals surface area (Å²) < 4.78 is 29.1. The van der Waals surface area contributed by atoms with Gasteiger partial charge < -0.3 is 19.2 Å². The number of benzene rings is 1. The third kappa shape index (κ3) is 7.07. The first kappa shape index (κ1) is 23.2. The average molecular weight is 419 g/mol. The number of carbonyl (C=O) groups excluding carboxylic acids is 2. The van der Waals surface area contributed by atoms with E-state index in [1.165, 1.54) is 13.2 Å². The number of hydrogen-bond donors (Lipinski definition) is 1. The van der Waals surface area contributed by atoms with Gasteiger partial charge in [-0.3, -0.25) is 9.59 Å². The number of amides is 1. The average Bonchev–Trinajstić information content (AvgIpc) is 3.14. The Morgan fingerprint density at radius 1 is 1.33 bits per heavy atom. The molecule has 2 aromatic rings. The van der Waals surface area contributed by atoms with Gasteiger partial charge in [-0.05, 0) is 24.5 Å². The lowest BCUT2D eigenvalue weighted by molar-refractivity contribution is -0.124. The zero-order valence-electron chi connectivity index (χ0n) is 17.3. The molecule has 2 atom stereocenters. The number of aryl methyl sites for hydroxylation is 1. The van der Waals surface area contributed by atoms with Gasteiger partial charge in [0.25, 0.3) is 5.91 Å². The Labute approximate surface area is 174 Å². The highest BCUT2D eigenvalue weighted by atomic mass is 19.1. The van der Waals surface area contributed by atoms with E-state index < -0.39 is 17.8 Å². The molecular weight excluding hydrogens is 393 g/mol. The smallest absolute Gasteiger partial charge is 0.258 e. The van der Waals surface area contributed by atoms with Gasteiger partial charge in [-0.15, -0.1) is 16.8 Å². The lowest BCUT2D eigenvalue weighted by Crippen LogP contribution is -2.42. The number of nitrogens with one attached hydrogen (secondary N) is 1. The zero-order chi connectivity index (χ0) is 22.1. The molecular formula is C21H26FN3O5. The van der Waals surface area contributed by atoms with Gasteiger partial charge in [0.2, 0.25) is 11.8 Å². The summed E-state index contributed by atoms with van der Waals surface area (Å²) >= 11 is 0. The minimum Gasteiger partial charge on any atom is -0.484 e. The number of Topliss-reactive ketones (excluding diaryl/α,β-unsaturated/α-hetero) is 1. The van der Waals surface area contributed by atoms with Gasteiger partial charge in [0, 0.05) is 25.6 Å². The number of carbonyl (C=O) groups is 2. The van der Waals surface area contributed by atoms with E-state index in [9.17, 15) is 14.0 Å². The van der Waals surface area contributed by atoms with Crippen molar-refractivity contribution in [2.75, 3.05) is 13.7 Å². The molecule has 0 saturated carbocycles. The summed E-state index contributed by atoms with van der Waals surface area (Å²) in [7, 11) is 1.50. The monoisotopic (exact) mass is 419 g/mol. The fraction of sp³-hybridized carbons (Fsp3) is 0.429. The highest BCUT2D eigenvalue weighted by Gasteiger charge is 2.22. The number of ether oxygens (including phenoxy) is 2. The van der Waals surface area contributed by atoms with Crippen LogP contribution in [-0.4, -0.2) is 41.6 Å². The van der Waals surface area contributed by atoms with Crippen molar-refractivity contribution < 1.29 is 27.9 Å². The molecule has 1 amide bonds. The molecule has 0 radical (unpaired) electrons. The van der Waals surface area contributed by atoms with Crippen LogP contribution in [0.1, 0.15) is 30.7 Å². The largest absolute Gasteiger partial charge is 0.484 e. The molecule has 0 aliphatic heterocycles. The Balaban J connectivity index is 1.90. The molecule has 2 rings (SSSR count). The van der Waals surface area contributed by atoms with Crippen LogP contribution in [0, 0.1) is 18.7 Å². The summed E-state index contributed by atoms with van der Waals surface area (Å²) in [5, 5.41) is 10.4. The van der Waals surface area contributed by atoms with Gasteiger partial charge in [-0.25, -0.2) is 4.39 Å². The van der Waals surface area contributed by atoms with E-state index >= 15 is 0 Å². The Kier molecular flexibility index (Phi) is 8.67. The second kappa shape index (κ2) is 11.2. The fourth-order valence-corrected chi connectivity index (χ4v) is 2.62. The predicted molar refractivity (Wildman–Crippen MR) is 106 cm³/mol. The van der Waals surface area contributed by atoms with Crippen molar-refractivity contribution in [1.29, 1.82) is 0 Å². The molecule has 30 heavy (non-hydrogen) atoms. The fourth-order valence-electron chi connectivity index (χ4n) is 2.62. The summed E-state index contributed by atoms with van der Waals surface area (Å²) in [6.45, 7) is 7.06. The van der Waals surface area contributed by atoms with Crippen LogP contribution in [-0.2, 0) is 27.4 Å². The lowest BCUT2D eigenvalue weighted by atomic mass is 9.96. The molecule has 162 valence electrons. The maximum absolute atomic E-state index is 13.6. The third-order valence-corrected chi connectivity index (χ3v) is 4.44. The molecule has 1 aromatic heterocycles. The topological polar surface area (TPSA) is 104 Å². The lowest BCUT2D eigenvalue weighted by Gasteiger charge is -2.22. The zero-order valence-corrected chi connectivity index (χ0v) is 17.3. The molecule has 0 bridgehead atoms. The molecule has 9 heteroatoms. The van der Waals surface area contributed by atoms with Gasteiger partial charge in [0.15, 0.2) is 6.61 Å². The van der Waals surface area contributed by atoms with E-state index in [1.54, 1.807) is 25.1 Å². The SMILES string of the molecule is C=C[C@@H](C)C(CC(=O)Cc1nnc(COC)o1)NC(=O)COc1ccc(C)c(F)c1. The minimum atomic E-state index is -0.484. The first-order valence-corrected chi connectivity index (χ1v) is 9.45. The van der Waals surface area contributed by atoms with Crippen LogP contribution in [0.5, 0.6) is 5.75 Å². The molecule has 0 aliphatic carbocycles. The summed E-state index contributed by atoms with van der Waals surface area (Å²) in [5.41, 5.74) is 0.487. The van der Waals surface area contributed by atoms with Gasteiger partial charge >= 0.3 is 0 Å². The van der Waals surface area contributed by atoms with E-state index in [-0.39, 0.29) is 55.3 Å². The van der Waals surface area contributed by atoms with E-state index in [0.717, 1.165) is 0 Å². The maximum atomic E-state index is 13.6. The Bertz CT molecular complexity index is 883. The Hall–Kier alpha value is -3.07. The van der Waals surface area contributed by atoms with Crippen LogP contribution in [0.15, 0.2) is 35.3 Å². The highest BCUT2D eigenvalue weighted by Crippen LogP contribution is 2.16. The molecule has 1 N–H and O–H groups in total. The van der Waals surface area contributed by atoms with Crippen LogP contribution in [0.4, 0.5) is 4.39 Å². The number of hydrogen-bond acceptors (Lipinski definition) is 7. The molecule has 1 unspecified atom stereocenters. The number of halogens is 1. The Morgan fingerprint density at radius 3 is 2.73 bits per heavy atom. The second-order valence-electron chi connectivity index (χ2n) is 6.91. The first-order chi connectivity index (χ1) is 14.3. The van der Waals surface area contributed by atoms with Gasteiger partial charge in [-0.1, -0.05) is 19.1 Å². The van der Waals surface area contributed by atoms with Crippen LogP contribution in [0.2, 0.25) is 0 Å². The Morgan fingerprint density at radius 2 is 2.07 bits per heavy atom. The normalized spacial score (nSPS) is 12.8. The van der Waals surface area contributed by atoms with Crippen molar-refractivity contribution in [3.05, 3.63) is 54.0 Å².